The lowest BCUT2D eigenvalue weighted by atomic mass is 9.82. The van der Waals surface area contributed by atoms with Crippen LogP contribution in [-0.4, -0.2) is 29.1 Å². The zero-order valence-corrected chi connectivity index (χ0v) is 12.5. The second kappa shape index (κ2) is 6.37. The van der Waals surface area contributed by atoms with Gasteiger partial charge in [0.1, 0.15) is 0 Å². The van der Waals surface area contributed by atoms with Crippen molar-refractivity contribution in [3.05, 3.63) is 41.4 Å². The summed E-state index contributed by atoms with van der Waals surface area (Å²) in [7, 11) is 0. The molecule has 2 unspecified atom stereocenters. The minimum absolute atomic E-state index is 0.0117. The number of carbonyl (C=O) groups is 1. The highest BCUT2D eigenvalue weighted by atomic mass is 32.1. The molecule has 2 atom stereocenters. The molecule has 0 fully saturated rings. The van der Waals surface area contributed by atoms with Gasteiger partial charge >= 0.3 is 0 Å². The van der Waals surface area contributed by atoms with Crippen LogP contribution in [0.1, 0.15) is 23.8 Å². The summed E-state index contributed by atoms with van der Waals surface area (Å²) in [5.74, 6) is 0.0471. The number of carbonyl (C=O) groups excluding carboxylic acids is 1. The van der Waals surface area contributed by atoms with Gasteiger partial charge in [-0.2, -0.15) is 0 Å². The number of rotatable bonds is 4. The molecule has 2 N–H and O–H groups in total. The zero-order chi connectivity index (χ0) is 14.7. The minimum atomic E-state index is -0.0953. The van der Waals surface area contributed by atoms with E-state index in [1.807, 2.05) is 18.2 Å². The highest BCUT2D eigenvalue weighted by Gasteiger charge is 2.31. The fourth-order valence-electron chi connectivity index (χ4n) is 2.74. The first kappa shape index (κ1) is 14.2. The van der Waals surface area contributed by atoms with E-state index in [0.717, 1.165) is 28.1 Å². The van der Waals surface area contributed by atoms with Crippen molar-refractivity contribution in [1.29, 1.82) is 0 Å². The van der Waals surface area contributed by atoms with Gasteiger partial charge in [-0.1, -0.05) is 24.3 Å². The second-order valence-corrected chi connectivity index (χ2v) is 6.25. The summed E-state index contributed by atoms with van der Waals surface area (Å²) in [6, 6.07) is 8.07. The van der Waals surface area contributed by atoms with Crippen molar-refractivity contribution in [2.24, 2.45) is 5.92 Å². The Morgan fingerprint density at radius 2 is 2.14 bits per heavy atom. The molecule has 1 aliphatic rings. The molecule has 0 spiro atoms. The third kappa shape index (κ3) is 2.99. The van der Waals surface area contributed by atoms with E-state index in [1.54, 1.807) is 11.3 Å². The number of allylic oxidation sites excluding steroid dienone is 2. The van der Waals surface area contributed by atoms with E-state index in [9.17, 15) is 4.79 Å². The zero-order valence-electron chi connectivity index (χ0n) is 11.7. The van der Waals surface area contributed by atoms with Crippen LogP contribution >= 0.6 is 11.3 Å². The first-order valence-corrected chi connectivity index (χ1v) is 8.00. The number of nitrogens with zero attached hydrogens (tertiary/aromatic N) is 1. The Morgan fingerprint density at radius 1 is 1.33 bits per heavy atom. The standard InChI is InChI=1S/C16H18N2O2S/c19-10-9-17-15(20)11-5-1-2-6-12(11)16-18-13-7-3-4-8-14(13)21-16/h1-4,7-8,11-12,19H,5-6,9-10H2,(H,17,20). The third-order valence-corrected chi connectivity index (χ3v) is 4.98. The lowest BCUT2D eigenvalue weighted by Gasteiger charge is -2.25. The van der Waals surface area contributed by atoms with Crippen molar-refractivity contribution in [2.45, 2.75) is 18.8 Å². The van der Waals surface area contributed by atoms with Crippen LogP contribution in [0.5, 0.6) is 0 Å². The van der Waals surface area contributed by atoms with Crippen LogP contribution in [0, 0.1) is 5.92 Å². The molecule has 5 heteroatoms. The number of hydrogen-bond acceptors (Lipinski definition) is 4. The molecule has 1 aliphatic carbocycles. The number of fused-ring (bicyclic) bond motifs is 1. The molecular weight excluding hydrogens is 284 g/mol. The van der Waals surface area contributed by atoms with Gasteiger partial charge in [-0.15, -0.1) is 11.3 Å². The number of aliphatic hydroxyl groups excluding tert-OH is 1. The van der Waals surface area contributed by atoms with E-state index in [0.29, 0.717) is 6.54 Å². The largest absolute Gasteiger partial charge is 0.395 e. The average Bonchev–Trinajstić information content (AvgIpc) is 2.96. The van der Waals surface area contributed by atoms with Gasteiger partial charge in [-0.25, -0.2) is 4.98 Å². The van der Waals surface area contributed by atoms with Gasteiger partial charge in [0.05, 0.1) is 27.7 Å². The number of aliphatic hydroxyl groups is 1. The molecule has 0 saturated carbocycles. The topological polar surface area (TPSA) is 62.2 Å². The number of thiazole rings is 1. The Kier molecular flexibility index (Phi) is 4.31. The first-order chi connectivity index (χ1) is 10.3. The molecule has 110 valence electrons. The maximum atomic E-state index is 12.3. The summed E-state index contributed by atoms with van der Waals surface area (Å²) in [6.45, 7) is 0.283. The van der Waals surface area contributed by atoms with Crippen LogP contribution in [0.2, 0.25) is 0 Å². The van der Waals surface area contributed by atoms with E-state index in [1.165, 1.54) is 0 Å². The van der Waals surface area contributed by atoms with Gasteiger partial charge < -0.3 is 10.4 Å². The van der Waals surface area contributed by atoms with Crippen LogP contribution < -0.4 is 5.32 Å². The van der Waals surface area contributed by atoms with Crippen LogP contribution in [0.4, 0.5) is 0 Å². The number of benzene rings is 1. The quantitative estimate of drug-likeness (QED) is 0.853. The van der Waals surface area contributed by atoms with E-state index < -0.39 is 0 Å². The highest BCUT2D eigenvalue weighted by molar-refractivity contribution is 7.18. The van der Waals surface area contributed by atoms with Crippen molar-refractivity contribution in [3.8, 4) is 0 Å². The van der Waals surface area contributed by atoms with Crippen molar-refractivity contribution in [3.63, 3.8) is 0 Å². The van der Waals surface area contributed by atoms with Gasteiger partial charge in [0.15, 0.2) is 0 Å². The van der Waals surface area contributed by atoms with Gasteiger partial charge in [-0.3, -0.25) is 4.79 Å². The van der Waals surface area contributed by atoms with Crippen molar-refractivity contribution >= 4 is 27.5 Å². The molecule has 0 bridgehead atoms. The molecule has 1 amide bonds. The Labute approximate surface area is 127 Å². The molecule has 21 heavy (non-hydrogen) atoms. The van der Waals surface area contributed by atoms with Gasteiger partial charge in [0.25, 0.3) is 0 Å². The summed E-state index contributed by atoms with van der Waals surface area (Å²) in [5, 5.41) is 12.7. The van der Waals surface area contributed by atoms with Crippen LogP contribution in [0.25, 0.3) is 10.2 Å². The maximum absolute atomic E-state index is 12.3. The molecule has 0 aliphatic heterocycles. The predicted octanol–water partition coefficient (Wildman–Crippen LogP) is 2.45. The molecule has 1 aromatic carbocycles. The van der Waals surface area contributed by atoms with Crippen LogP contribution in [0.15, 0.2) is 36.4 Å². The van der Waals surface area contributed by atoms with E-state index in [4.69, 9.17) is 10.1 Å². The molecule has 2 aromatic rings. The Hall–Kier alpha value is -1.72. The number of hydrogen-bond donors (Lipinski definition) is 2. The highest BCUT2D eigenvalue weighted by Crippen LogP contribution is 2.38. The normalized spacial score (nSPS) is 21.6. The number of nitrogens with one attached hydrogen (secondary N) is 1. The molecule has 3 rings (SSSR count). The van der Waals surface area contributed by atoms with E-state index in [-0.39, 0.29) is 24.3 Å². The predicted molar refractivity (Wildman–Crippen MR) is 84.3 cm³/mol. The van der Waals surface area contributed by atoms with Crippen molar-refractivity contribution in [1.82, 2.24) is 10.3 Å². The Bertz CT molecular complexity index is 632. The minimum Gasteiger partial charge on any atom is -0.395 e. The van der Waals surface area contributed by atoms with Crippen LogP contribution in [-0.2, 0) is 4.79 Å². The summed E-state index contributed by atoms with van der Waals surface area (Å²) >= 11 is 1.67. The summed E-state index contributed by atoms with van der Waals surface area (Å²) < 4.78 is 1.16. The number of aromatic nitrogens is 1. The lowest BCUT2D eigenvalue weighted by Crippen LogP contribution is -2.36. The Morgan fingerprint density at radius 3 is 2.95 bits per heavy atom. The Balaban J connectivity index is 1.87. The molecular formula is C16H18N2O2S. The fraction of sp³-hybridized carbons (Fsp3) is 0.375. The third-order valence-electron chi connectivity index (χ3n) is 3.81. The number of para-hydroxylation sites is 1. The molecule has 1 aromatic heterocycles. The summed E-state index contributed by atoms with van der Waals surface area (Å²) in [5.41, 5.74) is 1.00. The monoisotopic (exact) mass is 302 g/mol. The maximum Gasteiger partial charge on any atom is 0.224 e. The lowest BCUT2D eigenvalue weighted by molar-refractivity contribution is -0.125. The smallest absolute Gasteiger partial charge is 0.224 e. The van der Waals surface area contributed by atoms with Crippen molar-refractivity contribution < 1.29 is 9.90 Å². The van der Waals surface area contributed by atoms with Gasteiger partial charge in [0.2, 0.25) is 5.91 Å². The van der Waals surface area contributed by atoms with Gasteiger partial charge in [-0.05, 0) is 25.0 Å². The molecule has 0 saturated heterocycles. The van der Waals surface area contributed by atoms with Crippen molar-refractivity contribution in [2.75, 3.05) is 13.2 Å². The SMILES string of the molecule is O=C(NCCO)C1CC=CCC1c1nc2ccccc2s1. The van der Waals surface area contributed by atoms with E-state index >= 15 is 0 Å². The molecule has 4 nitrogen and oxygen atoms in total. The van der Waals surface area contributed by atoms with E-state index in [2.05, 4.69) is 23.5 Å². The number of amides is 1. The van der Waals surface area contributed by atoms with Crippen LogP contribution in [0.3, 0.4) is 0 Å². The van der Waals surface area contributed by atoms with Gasteiger partial charge in [0, 0.05) is 12.5 Å². The first-order valence-electron chi connectivity index (χ1n) is 7.18. The fourth-order valence-corrected chi connectivity index (χ4v) is 3.88. The average molecular weight is 302 g/mol. The summed E-state index contributed by atoms with van der Waals surface area (Å²) in [6.07, 6.45) is 5.77. The summed E-state index contributed by atoms with van der Waals surface area (Å²) in [4.78, 5) is 17.0. The molecule has 0 radical (unpaired) electrons. The second-order valence-electron chi connectivity index (χ2n) is 5.19. The molecule has 1 heterocycles.